The lowest BCUT2D eigenvalue weighted by Crippen LogP contribution is -2.62. The topological polar surface area (TPSA) is 497 Å². The van der Waals surface area contributed by atoms with E-state index in [1.165, 1.54) is 13.8 Å². The molecule has 106 heavy (non-hydrogen) atoms. The Hall–Kier alpha value is -9.30. The number of aromatic nitrogens is 1. The Kier molecular flexibility index (Phi) is 35.5. The van der Waals surface area contributed by atoms with E-state index in [0.29, 0.717) is 34.0 Å². The lowest BCUT2D eigenvalue weighted by atomic mass is 9.97. The van der Waals surface area contributed by atoms with E-state index in [1.54, 1.807) is 80.4 Å². The van der Waals surface area contributed by atoms with Crippen LogP contribution in [0.3, 0.4) is 0 Å². The zero-order chi connectivity index (χ0) is 77.4. The summed E-state index contributed by atoms with van der Waals surface area (Å²) in [7, 11) is 1.86. The number of carboxylic acid groups (broad SMARTS) is 4. The molecule has 10 atom stereocenters. The summed E-state index contributed by atoms with van der Waals surface area (Å²) in [4.78, 5) is 174. The van der Waals surface area contributed by atoms with E-state index >= 15 is 19.2 Å². The van der Waals surface area contributed by atoms with Gasteiger partial charge in [0.05, 0.1) is 51.0 Å². The number of aliphatic carboxylic acids is 4. The van der Waals surface area contributed by atoms with Gasteiger partial charge in [0.1, 0.15) is 42.3 Å². The number of nitrogens with one attached hydrogen (secondary N) is 9. The van der Waals surface area contributed by atoms with Gasteiger partial charge in [-0.3, -0.25) is 77.1 Å². The van der Waals surface area contributed by atoms with Crippen LogP contribution >= 0.6 is 21.6 Å². The van der Waals surface area contributed by atoms with Crippen LogP contribution in [0.15, 0.2) is 103 Å². The van der Waals surface area contributed by atoms with E-state index in [-0.39, 0.29) is 109 Å². The molecule has 1 unspecified atom stereocenters. The third kappa shape index (κ3) is 28.9. The highest BCUT2D eigenvalue weighted by Crippen LogP contribution is 2.26. The number of carbonyl (C=O) groups excluding carboxylic acids is 8. The van der Waals surface area contributed by atoms with Crippen molar-refractivity contribution in [1.82, 2.24) is 67.1 Å². The number of benzene rings is 4. The average Bonchev–Trinajstić information content (AvgIpc) is 1.48. The van der Waals surface area contributed by atoms with Crippen molar-refractivity contribution in [2.45, 2.75) is 120 Å². The van der Waals surface area contributed by atoms with Crippen LogP contribution in [0.2, 0.25) is 0 Å². The monoisotopic (exact) mass is 1510 g/mol. The minimum absolute atomic E-state index is 0.0399. The van der Waals surface area contributed by atoms with Crippen LogP contribution in [0, 0.1) is 0 Å². The summed E-state index contributed by atoms with van der Waals surface area (Å²) >= 11 is 0. The first-order valence-corrected chi connectivity index (χ1v) is 37.2. The highest BCUT2D eigenvalue weighted by Gasteiger charge is 2.38. The Morgan fingerprint density at radius 1 is 0.566 bits per heavy atom. The molecule has 1 aromatic heterocycles. The molecule has 33 nitrogen and oxygen atoms in total. The number of hydrogen-bond acceptors (Lipinski definition) is 22. The third-order valence-corrected chi connectivity index (χ3v) is 20.0. The van der Waals surface area contributed by atoms with E-state index < -0.39 is 158 Å². The molecule has 0 aliphatic carbocycles. The fourth-order valence-corrected chi connectivity index (χ4v) is 14.2. The van der Waals surface area contributed by atoms with Crippen molar-refractivity contribution < 1.29 is 93.3 Å². The quantitative estimate of drug-likeness (QED) is 0.0212. The minimum atomic E-state index is -1.76. The second-order valence-corrected chi connectivity index (χ2v) is 28.5. The number of fused-ring (bicyclic) bond motifs is 2. The first-order chi connectivity index (χ1) is 50.6. The Morgan fingerprint density at radius 3 is 1.62 bits per heavy atom. The molecule has 5 aromatic rings. The van der Waals surface area contributed by atoms with Gasteiger partial charge in [0, 0.05) is 107 Å². The Balaban J connectivity index is 0.00000429. The van der Waals surface area contributed by atoms with Gasteiger partial charge in [-0.25, -0.2) is 0 Å². The number of carbonyl (C=O) groups is 12. The molecule has 0 spiro atoms. The standard InChI is InChI=1S/C69H94N14O17S2.C2H4O2/c1-42(85)55(39-84)76-68(99)57-41-102-101-40-56(77-64(95)52(31-44-13-4-3-5-14-44)72-58(87)35-80-23-25-81(36-59(88)89)27-29-83(38-61(92)93)30-28-82(26-24-80)37-60(90)91)67(98)75-53(32-46-17-12-16-45-15-6-7-18-48(45)46)66(97)74-54(33-47-34-71-50-20-9-8-19-49(47)50)65(96)73-51(21-10-11-22-70)63(94)79-62(43(2)86)69(100)78-57;1-2(3)4/h3-9,12-20,34,42-43,51-57,62,71,84-86H,10-11,21-33,35-41,70H2,1-2H3,(H,72,87)(H,73,96)(H,74,97)(H,75,98)(H,76,99)(H,77,95)(H,78,100)(H,79,94)(H,88,89)(H,90,91)(H,92,93);1H3,(H,3,4)/t42-,43-,51+,52-,53+,54-,55-,56+,57+,62?;/m1./s1. The number of aliphatic hydroxyl groups is 3. The zero-order valence-electron chi connectivity index (χ0n) is 59.4. The molecule has 2 aliphatic rings. The number of H-pyrrole nitrogens is 1. The fourth-order valence-electron chi connectivity index (χ4n) is 11.9. The number of aliphatic hydroxyl groups excluding tert-OH is 3. The molecule has 2 aliphatic heterocycles. The molecule has 0 saturated carbocycles. The van der Waals surface area contributed by atoms with Crippen LogP contribution in [0.4, 0.5) is 0 Å². The highest BCUT2D eigenvalue weighted by atomic mass is 33.1. The summed E-state index contributed by atoms with van der Waals surface area (Å²) in [6, 6.07) is 16.5. The van der Waals surface area contributed by atoms with Gasteiger partial charge in [-0.2, -0.15) is 0 Å². The summed E-state index contributed by atoms with van der Waals surface area (Å²) in [5.41, 5.74) is 8.32. The van der Waals surface area contributed by atoms with E-state index in [1.807, 2.05) is 42.5 Å². The predicted molar refractivity (Wildman–Crippen MR) is 395 cm³/mol. The maximum absolute atomic E-state index is 15.5. The summed E-state index contributed by atoms with van der Waals surface area (Å²) in [5.74, 6) is -12.1. The second-order valence-electron chi connectivity index (χ2n) is 25.9. The maximum atomic E-state index is 15.5. The molecule has 35 heteroatoms. The van der Waals surface area contributed by atoms with E-state index in [4.69, 9.17) is 15.6 Å². The van der Waals surface area contributed by atoms with Crippen molar-refractivity contribution in [3.05, 3.63) is 120 Å². The summed E-state index contributed by atoms with van der Waals surface area (Å²) in [5, 5.41) is 92.5. The first kappa shape index (κ1) is 85.6. The van der Waals surface area contributed by atoms with Crippen molar-refractivity contribution in [3.8, 4) is 0 Å². The second kappa shape index (κ2) is 44.0. The van der Waals surface area contributed by atoms with Crippen LogP contribution in [-0.4, -0.2) is 295 Å². The summed E-state index contributed by atoms with van der Waals surface area (Å²) < 4.78 is 0. The van der Waals surface area contributed by atoms with Gasteiger partial charge in [0.25, 0.3) is 5.97 Å². The zero-order valence-corrected chi connectivity index (χ0v) is 61.0. The Labute approximate surface area is 620 Å². The number of hydrogen-bond donors (Lipinski definition) is 17. The number of nitrogens with two attached hydrogens (primary N) is 1. The Bertz CT molecular complexity index is 3740. The van der Waals surface area contributed by atoms with Gasteiger partial charge in [0.2, 0.25) is 47.3 Å². The van der Waals surface area contributed by atoms with E-state index in [2.05, 4.69) is 47.5 Å². The number of carboxylic acids is 4. The highest BCUT2D eigenvalue weighted by molar-refractivity contribution is 8.76. The van der Waals surface area contributed by atoms with Crippen molar-refractivity contribution in [1.29, 1.82) is 0 Å². The number of para-hydroxylation sites is 1. The number of nitrogens with zero attached hydrogens (tertiary/aromatic N) is 4. The smallest absolute Gasteiger partial charge is 0.317 e. The van der Waals surface area contributed by atoms with Gasteiger partial charge in [-0.05, 0) is 73.2 Å². The molecule has 7 rings (SSSR count). The molecule has 578 valence electrons. The molecule has 2 fully saturated rings. The van der Waals surface area contributed by atoms with Gasteiger partial charge in [-0.1, -0.05) is 113 Å². The van der Waals surface area contributed by atoms with Gasteiger partial charge < -0.3 is 89.0 Å². The molecule has 3 heterocycles. The van der Waals surface area contributed by atoms with Crippen molar-refractivity contribution >= 4 is 114 Å². The fraction of sp³-hybridized carbons (Fsp3) is 0.493. The van der Waals surface area contributed by atoms with Crippen LogP contribution in [-0.2, 0) is 76.8 Å². The molecule has 0 radical (unpaired) electrons. The number of rotatable bonds is 26. The van der Waals surface area contributed by atoms with Crippen molar-refractivity contribution in [2.24, 2.45) is 5.73 Å². The van der Waals surface area contributed by atoms with Gasteiger partial charge in [0.15, 0.2) is 0 Å². The maximum Gasteiger partial charge on any atom is 0.317 e. The van der Waals surface area contributed by atoms with Gasteiger partial charge >= 0.3 is 17.9 Å². The lowest BCUT2D eigenvalue weighted by Gasteiger charge is -2.33. The predicted octanol–water partition coefficient (Wildman–Crippen LogP) is -1.93. The third-order valence-electron chi connectivity index (χ3n) is 17.5. The molecular weight excluding hydrogens is 1420 g/mol. The van der Waals surface area contributed by atoms with E-state index in [9.17, 15) is 64.2 Å². The molecule has 8 amide bonds. The molecule has 2 saturated heterocycles. The van der Waals surface area contributed by atoms with Crippen LogP contribution in [0.25, 0.3) is 21.7 Å². The number of aromatic amines is 1. The first-order valence-electron chi connectivity index (χ1n) is 34.7. The molecule has 4 aromatic carbocycles. The number of unbranched alkanes of at least 4 members (excludes halogenated alkanes) is 1. The van der Waals surface area contributed by atoms with Crippen LogP contribution in [0.5, 0.6) is 0 Å². The molecular formula is C71H98N14O19S2. The SMILES string of the molecule is CC(=O)O.C[C@@H](O)C1NC(=O)[C@H](CCCCN)NC(=O)[C@@H](Cc2c[nH]c3ccccc23)NC(=O)[C@H](Cc2cccc3ccccc23)NC(=O)[C@@H](NC(=O)[C@@H](Cc2ccccc2)NC(=O)CN2CCN(CC(=O)O)CCN(CC(=O)O)CCN(CC(=O)O)CC2)CSSC[C@@H](C(=O)N[C@H](CO)[C@@H](C)O)NC1=O. The normalized spacial score (nSPS) is 21.2. The molecule has 0 bridgehead atoms. The number of amides is 8. The van der Waals surface area contributed by atoms with Crippen molar-refractivity contribution in [2.75, 3.05) is 103 Å². The minimum Gasteiger partial charge on any atom is -0.481 e. The molecule has 18 N–H and O–H groups in total. The summed E-state index contributed by atoms with van der Waals surface area (Å²) in [6.45, 7) is 2.29. The average molecular weight is 1520 g/mol. The van der Waals surface area contributed by atoms with Gasteiger partial charge in [-0.15, -0.1) is 0 Å². The van der Waals surface area contributed by atoms with E-state index in [0.717, 1.165) is 39.3 Å². The lowest BCUT2D eigenvalue weighted by molar-refractivity contribution is -0.140. The largest absolute Gasteiger partial charge is 0.481 e. The van der Waals surface area contributed by atoms with Crippen LogP contribution < -0.4 is 48.3 Å². The summed E-state index contributed by atoms with van der Waals surface area (Å²) in [6.07, 6.45) is -1.11. The Morgan fingerprint density at radius 2 is 1.07 bits per heavy atom. The van der Waals surface area contributed by atoms with Crippen molar-refractivity contribution in [3.63, 3.8) is 0 Å². The van der Waals surface area contributed by atoms with Crippen LogP contribution in [0.1, 0.15) is 56.7 Å².